The largest absolute Gasteiger partial charge is 0.309 e. The van der Waals surface area contributed by atoms with E-state index < -0.39 is 0 Å². The molecule has 1 aliphatic carbocycles. The van der Waals surface area contributed by atoms with Crippen molar-refractivity contribution >= 4 is 11.3 Å². The Morgan fingerprint density at radius 3 is 3.07 bits per heavy atom. The summed E-state index contributed by atoms with van der Waals surface area (Å²) in [5.74, 6) is 3.55. The first kappa shape index (κ1) is 10.7. The molecule has 0 aromatic carbocycles. The Morgan fingerprint density at radius 1 is 1.60 bits per heavy atom. The summed E-state index contributed by atoms with van der Waals surface area (Å²) in [4.78, 5) is 1.48. The van der Waals surface area contributed by atoms with Crippen LogP contribution >= 0.6 is 11.3 Å². The van der Waals surface area contributed by atoms with Crippen molar-refractivity contribution in [1.82, 2.24) is 5.32 Å². The molecule has 0 amide bonds. The second kappa shape index (κ2) is 5.34. The molecular formula is C13H17NS. The lowest BCUT2D eigenvalue weighted by Crippen LogP contribution is -2.23. The third-order valence-electron chi connectivity index (χ3n) is 2.81. The second-order valence-corrected chi connectivity index (χ2v) is 5.07. The van der Waals surface area contributed by atoms with E-state index in [9.17, 15) is 0 Å². The molecular weight excluding hydrogens is 202 g/mol. The third-order valence-corrected chi connectivity index (χ3v) is 3.76. The standard InChI is InChI=1S/C13H17NS/c1-2-3-4-9-14-13(11-7-8-11)12-6-5-10-15-12/h1,5-6,10-11,13-14H,3-4,7-9H2. The van der Waals surface area contributed by atoms with Crippen LogP contribution in [0, 0.1) is 18.3 Å². The van der Waals surface area contributed by atoms with Crippen LogP contribution in [0.1, 0.15) is 36.6 Å². The summed E-state index contributed by atoms with van der Waals surface area (Å²) in [7, 11) is 0. The lowest BCUT2D eigenvalue weighted by atomic mass is 10.1. The molecule has 1 N–H and O–H groups in total. The van der Waals surface area contributed by atoms with E-state index in [0.29, 0.717) is 6.04 Å². The Hall–Kier alpha value is -0.780. The fraction of sp³-hybridized carbons (Fsp3) is 0.538. The van der Waals surface area contributed by atoms with Gasteiger partial charge in [-0.3, -0.25) is 0 Å². The van der Waals surface area contributed by atoms with E-state index in [1.165, 1.54) is 17.7 Å². The highest BCUT2D eigenvalue weighted by Gasteiger charge is 2.32. The van der Waals surface area contributed by atoms with E-state index in [-0.39, 0.29) is 0 Å². The molecule has 1 aromatic heterocycles. The molecule has 1 heterocycles. The van der Waals surface area contributed by atoms with E-state index >= 15 is 0 Å². The van der Waals surface area contributed by atoms with Crippen molar-refractivity contribution in [3.63, 3.8) is 0 Å². The molecule has 0 bridgehead atoms. The van der Waals surface area contributed by atoms with Gasteiger partial charge >= 0.3 is 0 Å². The number of nitrogens with one attached hydrogen (secondary N) is 1. The molecule has 15 heavy (non-hydrogen) atoms. The molecule has 0 radical (unpaired) electrons. The van der Waals surface area contributed by atoms with Gasteiger partial charge in [-0.25, -0.2) is 0 Å². The summed E-state index contributed by atoms with van der Waals surface area (Å²) in [5, 5.41) is 5.79. The van der Waals surface area contributed by atoms with Gasteiger partial charge in [-0.05, 0) is 43.2 Å². The average molecular weight is 219 g/mol. The topological polar surface area (TPSA) is 12.0 Å². The molecule has 80 valence electrons. The van der Waals surface area contributed by atoms with Crippen LogP contribution in [0.25, 0.3) is 0 Å². The molecule has 2 rings (SSSR count). The zero-order valence-electron chi connectivity index (χ0n) is 8.91. The number of hydrogen-bond donors (Lipinski definition) is 1. The summed E-state index contributed by atoms with van der Waals surface area (Å²) in [6.07, 6.45) is 9.97. The number of hydrogen-bond acceptors (Lipinski definition) is 2. The highest BCUT2D eigenvalue weighted by molar-refractivity contribution is 7.10. The van der Waals surface area contributed by atoms with Crippen molar-refractivity contribution in [3.05, 3.63) is 22.4 Å². The van der Waals surface area contributed by atoms with Crippen molar-refractivity contribution in [2.75, 3.05) is 6.54 Å². The van der Waals surface area contributed by atoms with Crippen LogP contribution in [0.3, 0.4) is 0 Å². The SMILES string of the molecule is C#CCCCNC(c1cccs1)C1CC1. The first-order valence-electron chi connectivity index (χ1n) is 5.62. The van der Waals surface area contributed by atoms with Crippen molar-refractivity contribution in [2.24, 2.45) is 5.92 Å². The molecule has 1 atom stereocenters. The van der Waals surface area contributed by atoms with Gasteiger partial charge in [-0.1, -0.05) is 6.07 Å². The molecule has 0 saturated heterocycles. The number of terminal acetylenes is 1. The quantitative estimate of drug-likeness (QED) is 0.572. The fourth-order valence-electron chi connectivity index (χ4n) is 1.85. The molecule has 1 aliphatic rings. The second-order valence-electron chi connectivity index (χ2n) is 4.09. The number of thiophene rings is 1. The van der Waals surface area contributed by atoms with Gasteiger partial charge in [0.05, 0.1) is 0 Å². The van der Waals surface area contributed by atoms with Gasteiger partial charge in [0.1, 0.15) is 0 Å². The van der Waals surface area contributed by atoms with E-state index in [2.05, 4.69) is 28.8 Å². The Bertz CT molecular complexity index is 319. The summed E-state index contributed by atoms with van der Waals surface area (Å²) in [6, 6.07) is 4.96. The van der Waals surface area contributed by atoms with Crippen molar-refractivity contribution in [3.8, 4) is 12.3 Å². The number of unbranched alkanes of at least 4 members (excludes halogenated alkanes) is 1. The van der Waals surface area contributed by atoms with Gasteiger partial charge in [0.2, 0.25) is 0 Å². The maximum atomic E-state index is 5.24. The fourth-order valence-corrected chi connectivity index (χ4v) is 2.74. The minimum Gasteiger partial charge on any atom is -0.309 e. The van der Waals surface area contributed by atoms with Crippen molar-refractivity contribution < 1.29 is 0 Å². The lowest BCUT2D eigenvalue weighted by Gasteiger charge is -2.16. The Balaban J connectivity index is 1.82. The Labute approximate surface area is 95.9 Å². The van der Waals surface area contributed by atoms with Crippen molar-refractivity contribution in [1.29, 1.82) is 0 Å². The summed E-state index contributed by atoms with van der Waals surface area (Å²) in [5.41, 5.74) is 0. The van der Waals surface area contributed by atoms with Gasteiger partial charge < -0.3 is 5.32 Å². The Morgan fingerprint density at radius 2 is 2.47 bits per heavy atom. The van der Waals surface area contributed by atoms with Gasteiger partial charge in [-0.2, -0.15) is 0 Å². The predicted molar refractivity (Wildman–Crippen MR) is 65.9 cm³/mol. The molecule has 1 aromatic rings. The van der Waals surface area contributed by atoms with Crippen molar-refractivity contribution in [2.45, 2.75) is 31.7 Å². The first-order valence-corrected chi connectivity index (χ1v) is 6.50. The van der Waals surface area contributed by atoms with Crippen LogP contribution in [0.4, 0.5) is 0 Å². The van der Waals surface area contributed by atoms with Crippen LogP contribution < -0.4 is 5.32 Å². The maximum Gasteiger partial charge on any atom is 0.0443 e. The minimum absolute atomic E-state index is 0.586. The molecule has 1 saturated carbocycles. The molecule has 1 fully saturated rings. The van der Waals surface area contributed by atoms with Crippen LogP contribution in [-0.4, -0.2) is 6.54 Å². The summed E-state index contributed by atoms with van der Waals surface area (Å²) in [6.45, 7) is 1.04. The first-order chi connectivity index (χ1) is 7.42. The monoisotopic (exact) mass is 219 g/mol. The molecule has 1 nitrogen and oxygen atoms in total. The van der Waals surface area contributed by atoms with E-state index in [0.717, 1.165) is 25.3 Å². The van der Waals surface area contributed by atoms with Gasteiger partial charge in [0, 0.05) is 17.3 Å². The van der Waals surface area contributed by atoms with Crippen LogP contribution in [0.2, 0.25) is 0 Å². The minimum atomic E-state index is 0.586. The molecule has 0 spiro atoms. The summed E-state index contributed by atoms with van der Waals surface area (Å²) < 4.78 is 0. The van der Waals surface area contributed by atoms with E-state index in [1.807, 2.05) is 11.3 Å². The average Bonchev–Trinajstić information content (AvgIpc) is 2.93. The lowest BCUT2D eigenvalue weighted by molar-refractivity contribution is 0.484. The zero-order chi connectivity index (χ0) is 10.5. The molecule has 1 unspecified atom stereocenters. The third kappa shape index (κ3) is 3.09. The predicted octanol–water partition coefficient (Wildman–Crippen LogP) is 3.20. The van der Waals surface area contributed by atoms with Crippen LogP contribution in [0.15, 0.2) is 17.5 Å². The van der Waals surface area contributed by atoms with Crippen LogP contribution in [-0.2, 0) is 0 Å². The van der Waals surface area contributed by atoms with Gasteiger partial charge in [0.25, 0.3) is 0 Å². The number of rotatable bonds is 6. The summed E-state index contributed by atoms with van der Waals surface area (Å²) >= 11 is 1.86. The van der Waals surface area contributed by atoms with E-state index in [4.69, 9.17) is 6.42 Å². The highest BCUT2D eigenvalue weighted by atomic mass is 32.1. The van der Waals surface area contributed by atoms with Crippen LogP contribution in [0.5, 0.6) is 0 Å². The van der Waals surface area contributed by atoms with E-state index in [1.54, 1.807) is 0 Å². The normalized spacial score (nSPS) is 17.3. The molecule has 2 heteroatoms. The van der Waals surface area contributed by atoms with Gasteiger partial charge in [0.15, 0.2) is 0 Å². The Kier molecular flexibility index (Phi) is 3.82. The molecule has 0 aliphatic heterocycles. The smallest absolute Gasteiger partial charge is 0.0443 e. The van der Waals surface area contributed by atoms with Gasteiger partial charge in [-0.15, -0.1) is 23.7 Å². The highest BCUT2D eigenvalue weighted by Crippen LogP contribution is 2.42. The maximum absolute atomic E-state index is 5.24. The zero-order valence-corrected chi connectivity index (χ0v) is 9.72.